The molecule has 26 heteroatoms. The molecule has 0 bridgehead atoms. The number of halogens is 3. The average Bonchev–Trinajstić information content (AvgIpc) is 3.82. The maximum Gasteiger partial charge on any atom is 0.314 e. The third-order valence-corrected chi connectivity index (χ3v) is 15.4. The van der Waals surface area contributed by atoms with Crippen molar-refractivity contribution >= 4 is 69.4 Å². The molecule has 3 aromatic carbocycles. The first-order valence-corrected chi connectivity index (χ1v) is 28.2. The van der Waals surface area contributed by atoms with Gasteiger partial charge in [0, 0.05) is 94.8 Å². The van der Waals surface area contributed by atoms with E-state index >= 15 is 8.78 Å². The lowest BCUT2D eigenvalue weighted by Crippen LogP contribution is -2.50. The number of aromatic hydroxyl groups is 1. The molecule has 2 aliphatic heterocycles. The van der Waals surface area contributed by atoms with E-state index in [0.717, 1.165) is 22.2 Å². The fraction of sp³-hybridized carbons (Fsp3) is 0.464. The van der Waals surface area contributed by atoms with E-state index in [1.807, 2.05) is 43.9 Å². The molecule has 2 aliphatic rings. The summed E-state index contributed by atoms with van der Waals surface area (Å²) < 4.78 is 60.4. The number of rotatable bonds is 26. The third kappa shape index (κ3) is 14.8. The fourth-order valence-electron chi connectivity index (χ4n) is 9.78. The minimum atomic E-state index is -0.982. The number of aliphatic hydroxyl groups excluding tert-OH is 1. The van der Waals surface area contributed by atoms with Gasteiger partial charge in [0.2, 0.25) is 23.7 Å². The van der Waals surface area contributed by atoms with Crippen molar-refractivity contribution in [3.8, 4) is 33.1 Å². The Hall–Kier alpha value is -7.29. The van der Waals surface area contributed by atoms with Crippen molar-refractivity contribution in [3.63, 3.8) is 0 Å². The van der Waals surface area contributed by atoms with Crippen LogP contribution in [0.2, 0.25) is 5.02 Å². The SMILES string of the molecule is Cc1cc([C@@H](C(=O)N2C[C@H](O)C[C@H]2C(=O)NCc2ccc(-c3scnc3C)cc2OCCOCCOCCOCCN(C)C(=O)CCNc2nc(N3CCN(C(N)=O)CC3)c3cc(Cl)c(-c4c(O)cccc4F)c(F)c3n2)C(C)C)on1. The molecule has 3 aromatic heterocycles. The van der Waals surface area contributed by atoms with E-state index in [-0.39, 0.29) is 130 Å². The maximum absolute atomic E-state index is 16.5. The lowest BCUT2D eigenvalue weighted by atomic mass is 9.91. The standard InChI is InChI=1S/C56H68ClF2N11O11S/c1-32(2)46(44-25-33(3)66-81-44)54(75)70-30-37(71)27-41(70)53(74)62-29-36-10-9-35(51-34(4)63-31-82-51)26-43(36)80-24-23-79-22-21-78-20-19-77-18-17-67(5)45(73)11-12-61-56-64-50-38(52(65-56)68-13-15-69(16-14-68)55(60)76)28-39(57)47(49(50)59)48-40(58)7-6-8-42(48)72/h6-10,25-26,28,31-32,37,41,46,71-72H,11-24,27,29-30H2,1-5H3,(H2,60,76)(H,62,74)(H,61,64,65)/t37-,41+,46+/m1/s1. The van der Waals surface area contributed by atoms with Crippen LogP contribution in [0.25, 0.3) is 32.5 Å². The molecule has 0 unspecified atom stereocenters. The lowest BCUT2D eigenvalue weighted by Gasteiger charge is -2.35. The van der Waals surface area contributed by atoms with Crippen LogP contribution >= 0.6 is 22.9 Å². The van der Waals surface area contributed by atoms with Crippen molar-refractivity contribution < 1.29 is 61.6 Å². The van der Waals surface area contributed by atoms with E-state index in [1.54, 1.807) is 25.5 Å². The van der Waals surface area contributed by atoms with Gasteiger partial charge in [0.25, 0.3) is 0 Å². The summed E-state index contributed by atoms with van der Waals surface area (Å²) in [5, 5.41) is 31.1. The number of primary amides is 1. The number of nitrogens with two attached hydrogens (primary N) is 1. The number of aliphatic hydroxyl groups is 1. The van der Waals surface area contributed by atoms with Crippen molar-refractivity contribution in [2.75, 3.05) is 109 Å². The van der Waals surface area contributed by atoms with Gasteiger partial charge in [-0.05, 0) is 49.6 Å². The summed E-state index contributed by atoms with van der Waals surface area (Å²) in [5.74, 6) is -2.88. The second-order valence-corrected chi connectivity index (χ2v) is 21.5. The zero-order valence-electron chi connectivity index (χ0n) is 46.3. The zero-order valence-corrected chi connectivity index (χ0v) is 47.9. The largest absolute Gasteiger partial charge is 0.507 e. The highest BCUT2D eigenvalue weighted by molar-refractivity contribution is 7.13. The fourth-order valence-corrected chi connectivity index (χ4v) is 10.9. The molecule has 6 aromatic rings. The van der Waals surface area contributed by atoms with E-state index in [2.05, 4.69) is 30.7 Å². The number of urea groups is 1. The molecule has 2 fully saturated rings. The Labute approximate surface area is 481 Å². The summed E-state index contributed by atoms with van der Waals surface area (Å²) in [7, 11) is 1.64. The number of likely N-dealkylation sites (N-methyl/N-ethyl adjacent to an activating group) is 1. The number of hydrogen-bond donors (Lipinski definition) is 5. The van der Waals surface area contributed by atoms with Crippen LogP contribution in [0.15, 0.2) is 58.6 Å². The normalized spacial score (nSPS) is 15.8. The van der Waals surface area contributed by atoms with Gasteiger partial charge in [-0.2, -0.15) is 4.98 Å². The van der Waals surface area contributed by atoms with Crippen LogP contribution in [-0.2, 0) is 35.1 Å². The molecule has 6 N–H and O–H groups in total. The number of nitrogens with zero attached hydrogens (tertiary/aromatic N) is 8. The van der Waals surface area contributed by atoms with Crippen LogP contribution in [0, 0.1) is 31.4 Å². The predicted octanol–water partition coefficient (Wildman–Crippen LogP) is 6.27. The number of piperazine rings is 1. The first-order chi connectivity index (χ1) is 39.4. The molecule has 82 heavy (non-hydrogen) atoms. The number of benzene rings is 3. The van der Waals surface area contributed by atoms with Crippen molar-refractivity contribution in [1.29, 1.82) is 0 Å². The van der Waals surface area contributed by atoms with E-state index in [1.165, 1.54) is 44.2 Å². The second-order valence-electron chi connectivity index (χ2n) is 20.2. The molecule has 0 radical (unpaired) electrons. The summed E-state index contributed by atoms with van der Waals surface area (Å²) in [6, 6.07) is 11.0. The summed E-state index contributed by atoms with van der Waals surface area (Å²) >= 11 is 8.07. The number of phenolic OH excluding ortho intramolecular Hbond substituents is 1. The number of carbonyl (C=O) groups excluding carboxylic acids is 4. The highest BCUT2D eigenvalue weighted by atomic mass is 35.5. The number of thiazole rings is 1. The van der Waals surface area contributed by atoms with Crippen molar-refractivity contribution in [2.45, 2.75) is 65.1 Å². The smallest absolute Gasteiger partial charge is 0.314 e. The number of carbonyl (C=O) groups is 4. The van der Waals surface area contributed by atoms with E-state index in [4.69, 9.17) is 40.8 Å². The van der Waals surface area contributed by atoms with Crippen molar-refractivity contribution in [1.82, 2.24) is 40.1 Å². The molecular weight excluding hydrogens is 1110 g/mol. The molecular formula is C56H68ClF2N11O11S. The van der Waals surface area contributed by atoms with Gasteiger partial charge >= 0.3 is 6.03 Å². The molecule has 8 rings (SSSR count). The van der Waals surface area contributed by atoms with Gasteiger partial charge < -0.3 is 69.7 Å². The molecule has 22 nitrogen and oxygen atoms in total. The number of anilines is 2. The van der Waals surface area contributed by atoms with Crippen LogP contribution in [0.4, 0.5) is 25.3 Å². The molecule has 440 valence electrons. The first kappa shape index (κ1) is 60.8. The first-order valence-electron chi connectivity index (χ1n) is 26.9. The van der Waals surface area contributed by atoms with E-state index in [9.17, 15) is 29.4 Å². The number of ether oxygens (including phenoxy) is 4. The van der Waals surface area contributed by atoms with Crippen LogP contribution < -0.4 is 26.0 Å². The average molecular weight is 1180 g/mol. The Morgan fingerprint density at radius 1 is 0.951 bits per heavy atom. The predicted molar refractivity (Wildman–Crippen MR) is 303 cm³/mol. The lowest BCUT2D eigenvalue weighted by molar-refractivity contribution is -0.141. The number of hydrogen-bond acceptors (Lipinski definition) is 18. The number of β-amino-alcohol motifs (C(OH)–C–C–N with tert-alkyl or cyclic N) is 1. The van der Waals surface area contributed by atoms with Gasteiger partial charge in [-0.25, -0.2) is 23.5 Å². The number of likely N-dealkylation sites (tertiary alicyclic amines) is 1. The van der Waals surface area contributed by atoms with Crippen LogP contribution in [0.1, 0.15) is 55.3 Å². The molecule has 5 heterocycles. The Balaban J connectivity index is 0.754. The van der Waals surface area contributed by atoms with Gasteiger partial charge in [-0.1, -0.05) is 48.8 Å². The summed E-state index contributed by atoms with van der Waals surface area (Å²) in [4.78, 5) is 73.3. The molecule has 3 atom stereocenters. The van der Waals surface area contributed by atoms with Gasteiger partial charge in [-0.3, -0.25) is 14.4 Å². The minimum absolute atomic E-state index is 0.0113. The summed E-state index contributed by atoms with van der Waals surface area (Å²) in [6.45, 7) is 11.0. The monoisotopic (exact) mass is 1180 g/mol. The Bertz CT molecular complexity index is 3200. The van der Waals surface area contributed by atoms with Gasteiger partial charge in [-0.15, -0.1) is 11.3 Å². The number of nitrogens with one attached hydrogen (secondary N) is 2. The Kier molecular flexibility index (Phi) is 20.9. The van der Waals surface area contributed by atoms with Gasteiger partial charge in [0.15, 0.2) is 5.82 Å². The Morgan fingerprint density at radius 2 is 1.67 bits per heavy atom. The van der Waals surface area contributed by atoms with Crippen LogP contribution in [-0.4, -0.2) is 180 Å². The highest BCUT2D eigenvalue weighted by Gasteiger charge is 2.43. The number of aryl methyl sites for hydroxylation is 2. The zero-order chi connectivity index (χ0) is 58.6. The number of phenols is 1. The molecule has 2 saturated heterocycles. The van der Waals surface area contributed by atoms with Gasteiger partial charge in [0.1, 0.15) is 53.0 Å². The maximum atomic E-state index is 16.5. The quantitative estimate of drug-likeness (QED) is 0.0374. The van der Waals surface area contributed by atoms with Crippen molar-refractivity contribution in [2.24, 2.45) is 11.7 Å². The number of aromatic nitrogens is 4. The molecule has 0 aliphatic carbocycles. The van der Waals surface area contributed by atoms with Crippen LogP contribution in [0.3, 0.4) is 0 Å². The summed E-state index contributed by atoms with van der Waals surface area (Å²) in [6.07, 6.45) is -0.741. The topological polar surface area (TPSA) is 273 Å². The minimum Gasteiger partial charge on any atom is -0.507 e. The Morgan fingerprint density at radius 3 is 2.33 bits per heavy atom. The number of amides is 5. The molecule has 5 amide bonds. The highest BCUT2D eigenvalue weighted by Crippen LogP contribution is 2.43. The third-order valence-electron chi connectivity index (χ3n) is 14.1. The van der Waals surface area contributed by atoms with Crippen LogP contribution in [0.5, 0.6) is 11.5 Å². The second kappa shape index (κ2) is 28.1. The molecule has 0 spiro atoms. The summed E-state index contributed by atoms with van der Waals surface area (Å²) in [5.41, 5.74) is 9.39. The molecule has 0 saturated carbocycles. The van der Waals surface area contributed by atoms with E-state index in [0.29, 0.717) is 54.8 Å². The van der Waals surface area contributed by atoms with Gasteiger partial charge in [0.05, 0.1) is 78.1 Å². The van der Waals surface area contributed by atoms with Crippen molar-refractivity contribution in [3.05, 3.63) is 93.4 Å². The van der Waals surface area contributed by atoms with E-state index < -0.39 is 52.9 Å². The number of fused-ring (bicyclic) bond motifs is 1.